The van der Waals surface area contributed by atoms with Gasteiger partial charge in [0.05, 0.1) is 0 Å². The summed E-state index contributed by atoms with van der Waals surface area (Å²) in [7, 11) is 1.89. The molecule has 1 saturated carbocycles. The normalized spacial score (nSPS) is 23.7. The number of aryl methyl sites for hydroxylation is 1. The molecular formula is C13H22N4. The standard InChI is InChI=1S/C13H22N4/c1-4-11-16-12(14-3)8-13(17-11)15-10-6-5-9(2)7-10/h8-10H,4-7H2,1-3H3,(H2,14,15,16,17). The number of hydrogen-bond acceptors (Lipinski definition) is 4. The highest BCUT2D eigenvalue weighted by atomic mass is 15.1. The lowest BCUT2D eigenvalue weighted by atomic mass is 10.1. The molecule has 94 valence electrons. The molecule has 1 aliphatic carbocycles. The molecule has 0 aliphatic heterocycles. The molecule has 1 heterocycles. The second kappa shape index (κ2) is 5.34. The molecule has 2 rings (SSSR count). The van der Waals surface area contributed by atoms with Crippen LogP contribution in [0.2, 0.25) is 0 Å². The molecule has 17 heavy (non-hydrogen) atoms. The van der Waals surface area contributed by atoms with E-state index in [4.69, 9.17) is 0 Å². The summed E-state index contributed by atoms with van der Waals surface area (Å²) in [5.74, 6) is 3.58. The van der Waals surface area contributed by atoms with Gasteiger partial charge in [0.15, 0.2) is 0 Å². The van der Waals surface area contributed by atoms with Crippen molar-refractivity contribution in [2.75, 3.05) is 17.7 Å². The van der Waals surface area contributed by atoms with Crippen molar-refractivity contribution in [1.82, 2.24) is 9.97 Å². The van der Waals surface area contributed by atoms with Gasteiger partial charge in [-0.05, 0) is 25.2 Å². The number of nitrogens with one attached hydrogen (secondary N) is 2. The maximum atomic E-state index is 4.53. The van der Waals surface area contributed by atoms with Crippen LogP contribution in [-0.4, -0.2) is 23.1 Å². The number of rotatable bonds is 4. The maximum Gasteiger partial charge on any atom is 0.132 e. The Morgan fingerprint density at radius 1 is 1.29 bits per heavy atom. The van der Waals surface area contributed by atoms with Gasteiger partial charge in [0, 0.05) is 25.6 Å². The van der Waals surface area contributed by atoms with Gasteiger partial charge in [-0.3, -0.25) is 0 Å². The van der Waals surface area contributed by atoms with Gasteiger partial charge >= 0.3 is 0 Å². The molecule has 4 heteroatoms. The summed E-state index contributed by atoms with van der Waals surface area (Å²) < 4.78 is 0. The van der Waals surface area contributed by atoms with Gasteiger partial charge in [-0.15, -0.1) is 0 Å². The number of anilines is 2. The van der Waals surface area contributed by atoms with Crippen molar-refractivity contribution in [3.8, 4) is 0 Å². The minimum absolute atomic E-state index is 0.578. The Hall–Kier alpha value is -1.32. The molecule has 0 amide bonds. The van der Waals surface area contributed by atoms with Crippen LogP contribution in [0.5, 0.6) is 0 Å². The van der Waals surface area contributed by atoms with E-state index in [2.05, 4.69) is 34.4 Å². The average Bonchev–Trinajstić information content (AvgIpc) is 2.74. The van der Waals surface area contributed by atoms with Crippen LogP contribution < -0.4 is 10.6 Å². The lowest BCUT2D eigenvalue weighted by Crippen LogP contribution is -2.17. The largest absolute Gasteiger partial charge is 0.373 e. The van der Waals surface area contributed by atoms with Crippen molar-refractivity contribution < 1.29 is 0 Å². The van der Waals surface area contributed by atoms with Crippen molar-refractivity contribution in [1.29, 1.82) is 0 Å². The molecule has 1 aromatic heterocycles. The first kappa shape index (κ1) is 12.1. The van der Waals surface area contributed by atoms with Crippen LogP contribution in [0.15, 0.2) is 6.07 Å². The minimum atomic E-state index is 0.578. The molecule has 2 unspecified atom stereocenters. The van der Waals surface area contributed by atoms with Gasteiger partial charge in [0.1, 0.15) is 17.5 Å². The molecule has 0 spiro atoms. The van der Waals surface area contributed by atoms with Crippen molar-refractivity contribution in [2.24, 2.45) is 5.92 Å². The lowest BCUT2D eigenvalue weighted by molar-refractivity contribution is 0.602. The Balaban J connectivity index is 2.09. The van der Waals surface area contributed by atoms with Crippen molar-refractivity contribution >= 4 is 11.6 Å². The Kier molecular flexibility index (Phi) is 3.82. The van der Waals surface area contributed by atoms with Crippen LogP contribution in [0.3, 0.4) is 0 Å². The van der Waals surface area contributed by atoms with Crippen molar-refractivity contribution in [3.05, 3.63) is 11.9 Å². The SMILES string of the molecule is CCc1nc(NC)cc(NC2CCC(C)C2)n1. The van der Waals surface area contributed by atoms with Crippen LogP contribution in [0.25, 0.3) is 0 Å². The summed E-state index contributed by atoms with van der Waals surface area (Å²) in [5, 5.41) is 6.61. The molecular weight excluding hydrogens is 212 g/mol. The number of hydrogen-bond donors (Lipinski definition) is 2. The zero-order valence-corrected chi connectivity index (χ0v) is 11.0. The maximum absolute atomic E-state index is 4.53. The fourth-order valence-electron chi connectivity index (χ4n) is 2.40. The predicted octanol–water partition coefficient (Wildman–Crippen LogP) is 2.68. The first-order valence-corrected chi connectivity index (χ1v) is 6.53. The third-order valence-electron chi connectivity index (χ3n) is 3.39. The molecule has 1 aliphatic rings. The summed E-state index contributed by atoms with van der Waals surface area (Å²) in [4.78, 5) is 8.92. The van der Waals surface area contributed by atoms with Gasteiger partial charge < -0.3 is 10.6 Å². The van der Waals surface area contributed by atoms with Crippen LogP contribution in [0, 0.1) is 5.92 Å². The predicted molar refractivity (Wildman–Crippen MR) is 71.4 cm³/mol. The first-order valence-electron chi connectivity index (χ1n) is 6.53. The van der Waals surface area contributed by atoms with E-state index in [1.54, 1.807) is 0 Å². The molecule has 0 radical (unpaired) electrons. The second-order valence-electron chi connectivity index (χ2n) is 4.92. The van der Waals surface area contributed by atoms with Crippen LogP contribution >= 0.6 is 0 Å². The molecule has 0 saturated heterocycles. The summed E-state index contributed by atoms with van der Waals surface area (Å²) in [6.45, 7) is 4.40. The fourth-order valence-corrected chi connectivity index (χ4v) is 2.40. The van der Waals surface area contributed by atoms with Gasteiger partial charge in [0.2, 0.25) is 0 Å². The Morgan fingerprint density at radius 3 is 2.65 bits per heavy atom. The van der Waals surface area contributed by atoms with Gasteiger partial charge in [0.25, 0.3) is 0 Å². The highest BCUT2D eigenvalue weighted by molar-refractivity contribution is 5.47. The highest BCUT2D eigenvalue weighted by Gasteiger charge is 2.21. The van der Waals surface area contributed by atoms with Crippen LogP contribution in [0.4, 0.5) is 11.6 Å². The summed E-state index contributed by atoms with van der Waals surface area (Å²) in [6.07, 6.45) is 4.69. The molecule has 0 bridgehead atoms. The molecule has 2 N–H and O–H groups in total. The van der Waals surface area contributed by atoms with E-state index in [1.807, 2.05) is 13.1 Å². The van der Waals surface area contributed by atoms with Gasteiger partial charge in [-0.2, -0.15) is 0 Å². The molecule has 1 fully saturated rings. The van der Waals surface area contributed by atoms with Crippen LogP contribution in [0.1, 0.15) is 38.9 Å². The van der Waals surface area contributed by atoms with Crippen LogP contribution in [-0.2, 0) is 6.42 Å². The quantitative estimate of drug-likeness (QED) is 0.841. The fraction of sp³-hybridized carbons (Fsp3) is 0.692. The Morgan fingerprint density at radius 2 is 2.06 bits per heavy atom. The summed E-state index contributed by atoms with van der Waals surface area (Å²) in [6, 6.07) is 2.57. The Labute approximate surface area is 103 Å². The molecule has 1 aromatic rings. The minimum Gasteiger partial charge on any atom is -0.373 e. The topological polar surface area (TPSA) is 49.8 Å². The van der Waals surface area contributed by atoms with Gasteiger partial charge in [-0.1, -0.05) is 13.8 Å². The van der Waals surface area contributed by atoms with E-state index < -0.39 is 0 Å². The Bertz CT molecular complexity index is 355. The molecule has 0 aromatic carbocycles. The molecule has 2 atom stereocenters. The number of nitrogens with zero attached hydrogens (tertiary/aromatic N) is 2. The van der Waals surface area contributed by atoms with E-state index in [9.17, 15) is 0 Å². The number of aromatic nitrogens is 2. The van der Waals surface area contributed by atoms with Crippen molar-refractivity contribution in [2.45, 2.75) is 45.6 Å². The zero-order valence-electron chi connectivity index (χ0n) is 11.0. The monoisotopic (exact) mass is 234 g/mol. The first-order chi connectivity index (χ1) is 8.21. The zero-order chi connectivity index (χ0) is 12.3. The van der Waals surface area contributed by atoms with Crippen molar-refractivity contribution in [3.63, 3.8) is 0 Å². The molecule has 4 nitrogen and oxygen atoms in total. The third-order valence-corrected chi connectivity index (χ3v) is 3.39. The van der Waals surface area contributed by atoms with E-state index in [-0.39, 0.29) is 0 Å². The highest BCUT2D eigenvalue weighted by Crippen LogP contribution is 2.27. The van der Waals surface area contributed by atoms with E-state index >= 15 is 0 Å². The summed E-state index contributed by atoms with van der Waals surface area (Å²) in [5.41, 5.74) is 0. The summed E-state index contributed by atoms with van der Waals surface area (Å²) >= 11 is 0. The third kappa shape index (κ3) is 3.08. The average molecular weight is 234 g/mol. The van der Waals surface area contributed by atoms with Gasteiger partial charge in [-0.25, -0.2) is 9.97 Å². The second-order valence-corrected chi connectivity index (χ2v) is 4.92. The van der Waals surface area contributed by atoms with E-state index in [0.29, 0.717) is 6.04 Å². The van der Waals surface area contributed by atoms with E-state index in [0.717, 1.165) is 29.8 Å². The smallest absolute Gasteiger partial charge is 0.132 e. The lowest BCUT2D eigenvalue weighted by Gasteiger charge is -2.14. The van der Waals surface area contributed by atoms with E-state index in [1.165, 1.54) is 19.3 Å².